The zero-order valence-corrected chi connectivity index (χ0v) is 21.3. The Balaban J connectivity index is 1.53. The highest BCUT2D eigenvalue weighted by molar-refractivity contribution is 6.01. The molecular weight excluding hydrogens is 452 g/mol. The van der Waals surface area contributed by atoms with Crippen molar-refractivity contribution in [3.05, 3.63) is 59.9 Å². The number of nitrogens with one attached hydrogen (secondary N) is 1. The molecule has 2 amide bonds. The van der Waals surface area contributed by atoms with E-state index in [1.807, 2.05) is 66.9 Å². The number of imidazole rings is 1. The second kappa shape index (κ2) is 10.3. The molecule has 7 heteroatoms. The highest BCUT2D eigenvalue weighted by Crippen LogP contribution is 2.34. The van der Waals surface area contributed by atoms with Crippen LogP contribution in [-0.2, 0) is 17.9 Å². The third-order valence-electron chi connectivity index (χ3n) is 7.68. The molecule has 0 bridgehead atoms. The molecule has 1 unspecified atom stereocenters. The predicted molar refractivity (Wildman–Crippen MR) is 140 cm³/mol. The van der Waals surface area contributed by atoms with Gasteiger partial charge in [-0.2, -0.15) is 0 Å². The number of aromatic nitrogens is 2. The molecule has 36 heavy (non-hydrogen) atoms. The van der Waals surface area contributed by atoms with Crippen molar-refractivity contribution in [2.24, 2.45) is 0 Å². The van der Waals surface area contributed by atoms with Gasteiger partial charge in [0.05, 0.1) is 30.7 Å². The molecule has 1 N–H and O–H groups in total. The van der Waals surface area contributed by atoms with Gasteiger partial charge in [-0.25, -0.2) is 4.98 Å². The lowest BCUT2D eigenvalue weighted by Crippen LogP contribution is -2.64. The fourth-order valence-electron chi connectivity index (χ4n) is 5.62. The molecule has 2 heterocycles. The van der Waals surface area contributed by atoms with Crippen molar-refractivity contribution in [2.45, 2.75) is 83.5 Å². The Bertz CT molecular complexity index is 1240. The number of para-hydroxylation sites is 3. The van der Waals surface area contributed by atoms with Crippen LogP contribution in [0.3, 0.4) is 0 Å². The number of ether oxygens (including phenoxy) is 1. The van der Waals surface area contributed by atoms with Crippen LogP contribution in [0.1, 0.15) is 75.0 Å². The van der Waals surface area contributed by atoms with Gasteiger partial charge in [-0.05, 0) is 44.9 Å². The number of rotatable bonds is 6. The number of carbonyl (C=O) groups is 2. The van der Waals surface area contributed by atoms with Crippen LogP contribution in [0.2, 0.25) is 0 Å². The Kier molecular flexibility index (Phi) is 6.99. The molecule has 1 saturated carbocycles. The van der Waals surface area contributed by atoms with Crippen LogP contribution in [0, 0.1) is 0 Å². The second-order valence-electron chi connectivity index (χ2n) is 10.2. The zero-order chi connectivity index (χ0) is 25.1. The molecule has 0 spiro atoms. The monoisotopic (exact) mass is 488 g/mol. The van der Waals surface area contributed by atoms with E-state index >= 15 is 0 Å². The van der Waals surface area contributed by atoms with E-state index in [9.17, 15) is 9.59 Å². The summed E-state index contributed by atoms with van der Waals surface area (Å²) in [6.07, 6.45) is 7.94. The minimum Gasteiger partial charge on any atom is -0.494 e. The molecule has 190 valence electrons. The minimum absolute atomic E-state index is 0.0984. The van der Waals surface area contributed by atoms with Crippen molar-refractivity contribution in [1.29, 1.82) is 0 Å². The van der Waals surface area contributed by atoms with Crippen LogP contribution in [0.15, 0.2) is 48.5 Å². The highest BCUT2D eigenvalue weighted by atomic mass is 16.5. The number of hydrogen-bond acceptors (Lipinski definition) is 4. The Labute approximate surface area is 212 Å². The molecule has 1 fully saturated rings. The summed E-state index contributed by atoms with van der Waals surface area (Å²) in [4.78, 5) is 34.4. The van der Waals surface area contributed by atoms with Crippen LogP contribution < -0.4 is 10.1 Å². The first-order valence-corrected chi connectivity index (χ1v) is 13.3. The fourth-order valence-corrected chi connectivity index (χ4v) is 5.62. The lowest BCUT2D eigenvalue weighted by molar-refractivity contribution is -0.134. The van der Waals surface area contributed by atoms with Crippen molar-refractivity contribution < 1.29 is 14.3 Å². The van der Waals surface area contributed by atoms with Crippen molar-refractivity contribution in [2.75, 3.05) is 6.61 Å². The van der Waals surface area contributed by atoms with Crippen molar-refractivity contribution in [1.82, 2.24) is 19.8 Å². The maximum atomic E-state index is 14.0. The van der Waals surface area contributed by atoms with E-state index in [2.05, 4.69) is 10.3 Å². The largest absolute Gasteiger partial charge is 0.494 e. The SMILES string of the molecule is CCOc1ccccc1CN1C(=O)c2nc3ccccc3n2CC1(C)C(=O)NC1CCCCCCC1. The molecule has 1 aliphatic carbocycles. The van der Waals surface area contributed by atoms with Gasteiger partial charge in [0.15, 0.2) is 5.82 Å². The van der Waals surface area contributed by atoms with Gasteiger partial charge >= 0.3 is 0 Å². The topological polar surface area (TPSA) is 76.5 Å². The minimum atomic E-state index is -1.07. The summed E-state index contributed by atoms with van der Waals surface area (Å²) in [5, 5.41) is 3.35. The summed E-state index contributed by atoms with van der Waals surface area (Å²) in [6.45, 7) is 4.98. The van der Waals surface area contributed by atoms with Crippen LogP contribution in [0.4, 0.5) is 0 Å². The Morgan fingerprint density at radius 3 is 2.53 bits per heavy atom. The van der Waals surface area contributed by atoms with Gasteiger partial charge in [0.1, 0.15) is 11.3 Å². The summed E-state index contributed by atoms with van der Waals surface area (Å²) in [5.74, 6) is 0.772. The normalized spacial score (nSPS) is 21.1. The molecule has 3 aromatic rings. The van der Waals surface area contributed by atoms with E-state index in [1.165, 1.54) is 19.3 Å². The van der Waals surface area contributed by atoms with Gasteiger partial charge in [-0.1, -0.05) is 62.4 Å². The van der Waals surface area contributed by atoms with Crippen LogP contribution in [0.5, 0.6) is 5.75 Å². The van der Waals surface area contributed by atoms with E-state index < -0.39 is 5.54 Å². The average molecular weight is 489 g/mol. The van der Waals surface area contributed by atoms with E-state index in [4.69, 9.17) is 4.74 Å². The van der Waals surface area contributed by atoms with Crippen LogP contribution in [0.25, 0.3) is 11.0 Å². The molecule has 1 atom stereocenters. The van der Waals surface area contributed by atoms with Gasteiger partial charge in [-0.15, -0.1) is 0 Å². The smallest absolute Gasteiger partial charge is 0.291 e. The molecule has 5 rings (SSSR count). The third-order valence-corrected chi connectivity index (χ3v) is 7.68. The molecule has 0 saturated heterocycles. The highest BCUT2D eigenvalue weighted by Gasteiger charge is 2.49. The van der Waals surface area contributed by atoms with Crippen molar-refractivity contribution >= 4 is 22.8 Å². The van der Waals surface area contributed by atoms with E-state index in [0.717, 1.165) is 48.0 Å². The molecule has 1 aromatic heterocycles. The Hall–Kier alpha value is -3.35. The van der Waals surface area contributed by atoms with E-state index in [0.29, 0.717) is 19.0 Å². The summed E-state index contributed by atoms with van der Waals surface area (Å²) in [6, 6.07) is 15.6. The molecule has 0 radical (unpaired) electrons. The molecule has 1 aliphatic heterocycles. The first-order valence-electron chi connectivity index (χ1n) is 13.3. The van der Waals surface area contributed by atoms with Crippen molar-refractivity contribution in [3.8, 4) is 5.75 Å². The quantitative estimate of drug-likeness (QED) is 0.525. The number of hydrogen-bond donors (Lipinski definition) is 1. The van der Waals surface area contributed by atoms with Crippen LogP contribution in [-0.4, -0.2) is 44.5 Å². The maximum absolute atomic E-state index is 14.0. The van der Waals surface area contributed by atoms with Gasteiger partial charge in [0.25, 0.3) is 5.91 Å². The first kappa shape index (κ1) is 24.3. The van der Waals surface area contributed by atoms with E-state index in [-0.39, 0.29) is 24.4 Å². The fraction of sp³-hybridized carbons (Fsp3) is 0.483. The number of benzene rings is 2. The lowest BCUT2D eigenvalue weighted by Gasteiger charge is -2.44. The van der Waals surface area contributed by atoms with Crippen LogP contribution >= 0.6 is 0 Å². The van der Waals surface area contributed by atoms with Gasteiger partial charge in [0, 0.05) is 11.6 Å². The average Bonchev–Trinajstić information content (AvgIpc) is 3.23. The zero-order valence-electron chi connectivity index (χ0n) is 21.3. The van der Waals surface area contributed by atoms with Gasteiger partial charge in [0.2, 0.25) is 5.91 Å². The summed E-state index contributed by atoms with van der Waals surface area (Å²) in [5.41, 5.74) is 1.44. The predicted octanol–water partition coefficient (Wildman–Crippen LogP) is 5.08. The van der Waals surface area contributed by atoms with Gasteiger partial charge < -0.3 is 19.5 Å². The second-order valence-corrected chi connectivity index (χ2v) is 10.2. The molecule has 7 nitrogen and oxygen atoms in total. The molecule has 2 aliphatic rings. The number of fused-ring (bicyclic) bond motifs is 3. The van der Waals surface area contributed by atoms with E-state index in [1.54, 1.807) is 4.90 Å². The molecule has 2 aromatic carbocycles. The summed E-state index contributed by atoms with van der Waals surface area (Å²) < 4.78 is 7.76. The Morgan fingerprint density at radius 1 is 1.06 bits per heavy atom. The maximum Gasteiger partial charge on any atom is 0.291 e. The number of nitrogens with zero attached hydrogens (tertiary/aromatic N) is 3. The molecular formula is C29H36N4O3. The number of amides is 2. The Morgan fingerprint density at radius 2 is 1.75 bits per heavy atom. The number of carbonyl (C=O) groups excluding carboxylic acids is 2. The van der Waals surface area contributed by atoms with Gasteiger partial charge in [-0.3, -0.25) is 9.59 Å². The lowest BCUT2D eigenvalue weighted by atomic mass is 9.92. The summed E-state index contributed by atoms with van der Waals surface area (Å²) >= 11 is 0. The standard InChI is InChI=1S/C29H36N4O3/c1-3-36-25-18-12-9-13-21(25)19-33-27(34)26-31-23-16-10-11-17-24(23)32(26)20-29(33,2)28(35)30-22-14-7-5-4-6-8-15-22/h9-13,16-18,22H,3-8,14-15,19-20H2,1-2H3,(H,30,35). The summed E-state index contributed by atoms with van der Waals surface area (Å²) in [7, 11) is 0. The van der Waals surface area contributed by atoms with Crippen molar-refractivity contribution in [3.63, 3.8) is 0 Å². The first-order chi connectivity index (χ1) is 17.5. The third kappa shape index (κ3) is 4.59.